The molecule has 0 saturated heterocycles. The second kappa shape index (κ2) is 5.49. The van der Waals surface area contributed by atoms with Gasteiger partial charge < -0.3 is 5.73 Å². The first kappa shape index (κ1) is 11.7. The van der Waals surface area contributed by atoms with Gasteiger partial charge in [0.15, 0.2) is 0 Å². The van der Waals surface area contributed by atoms with Gasteiger partial charge in [0, 0.05) is 19.2 Å². The molecular formula is C11H16N6. The van der Waals surface area contributed by atoms with Crippen LogP contribution >= 0.6 is 0 Å². The number of aromatic nitrogens is 5. The van der Waals surface area contributed by atoms with Crippen LogP contribution in [0.15, 0.2) is 24.9 Å². The third kappa shape index (κ3) is 2.85. The van der Waals surface area contributed by atoms with E-state index in [1.165, 1.54) is 6.33 Å². The molecule has 0 radical (unpaired) electrons. The van der Waals surface area contributed by atoms with Crippen LogP contribution in [0.5, 0.6) is 0 Å². The van der Waals surface area contributed by atoms with Crippen LogP contribution in [0, 0.1) is 0 Å². The van der Waals surface area contributed by atoms with Crippen molar-refractivity contribution in [2.45, 2.75) is 32.4 Å². The summed E-state index contributed by atoms with van der Waals surface area (Å²) < 4.78 is 1.89. The standard InChI is InChI=1S/C11H16N6/c1-2-5-17-11(15-8-16-17)6-9(12)10-3-4-13-7-14-10/h3-4,7-9H,2,5-6,12H2,1H3. The van der Waals surface area contributed by atoms with E-state index in [0.29, 0.717) is 6.42 Å². The predicted octanol–water partition coefficient (Wildman–Crippen LogP) is 0.721. The van der Waals surface area contributed by atoms with Gasteiger partial charge in [-0.25, -0.2) is 15.0 Å². The Morgan fingerprint density at radius 2 is 2.24 bits per heavy atom. The Bertz CT molecular complexity index is 452. The summed E-state index contributed by atoms with van der Waals surface area (Å²) in [6, 6.07) is 1.66. The predicted molar refractivity (Wildman–Crippen MR) is 63.0 cm³/mol. The van der Waals surface area contributed by atoms with Crippen molar-refractivity contribution in [3.8, 4) is 0 Å². The van der Waals surface area contributed by atoms with Gasteiger partial charge in [-0.15, -0.1) is 0 Å². The van der Waals surface area contributed by atoms with E-state index < -0.39 is 0 Å². The minimum absolute atomic E-state index is 0.169. The third-order valence-corrected chi connectivity index (χ3v) is 2.52. The Morgan fingerprint density at radius 3 is 2.94 bits per heavy atom. The zero-order chi connectivity index (χ0) is 12.1. The first-order valence-corrected chi connectivity index (χ1v) is 5.69. The molecule has 2 heterocycles. The summed E-state index contributed by atoms with van der Waals surface area (Å²) in [7, 11) is 0. The molecular weight excluding hydrogens is 216 g/mol. The van der Waals surface area contributed by atoms with Crippen LogP contribution in [0.25, 0.3) is 0 Å². The van der Waals surface area contributed by atoms with Crippen LogP contribution in [0.1, 0.15) is 30.9 Å². The second-order valence-corrected chi connectivity index (χ2v) is 3.84. The van der Waals surface area contributed by atoms with E-state index in [4.69, 9.17) is 5.73 Å². The maximum atomic E-state index is 6.08. The fourth-order valence-electron chi connectivity index (χ4n) is 1.67. The van der Waals surface area contributed by atoms with Crippen LogP contribution in [-0.4, -0.2) is 24.7 Å². The molecule has 2 rings (SSSR count). The average molecular weight is 232 g/mol. The van der Waals surface area contributed by atoms with Crippen LogP contribution in [0.3, 0.4) is 0 Å². The van der Waals surface area contributed by atoms with E-state index in [2.05, 4.69) is 27.0 Å². The van der Waals surface area contributed by atoms with Crippen molar-refractivity contribution in [2.75, 3.05) is 0 Å². The van der Waals surface area contributed by atoms with Gasteiger partial charge in [-0.2, -0.15) is 5.10 Å². The largest absolute Gasteiger partial charge is 0.322 e. The Labute approximate surface area is 99.9 Å². The summed E-state index contributed by atoms with van der Waals surface area (Å²) in [5.74, 6) is 0.901. The van der Waals surface area contributed by atoms with E-state index >= 15 is 0 Å². The van der Waals surface area contributed by atoms with Crippen LogP contribution < -0.4 is 5.73 Å². The number of hydrogen-bond donors (Lipinski definition) is 1. The Kier molecular flexibility index (Phi) is 3.77. The molecule has 90 valence electrons. The molecule has 2 aromatic heterocycles. The zero-order valence-electron chi connectivity index (χ0n) is 9.82. The summed E-state index contributed by atoms with van der Waals surface area (Å²) in [4.78, 5) is 12.2. The first-order valence-electron chi connectivity index (χ1n) is 5.69. The maximum absolute atomic E-state index is 6.08. The summed E-state index contributed by atoms with van der Waals surface area (Å²) in [5.41, 5.74) is 6.90. The van der Waals surface area contributed by atoms with Gasteiger partial charge in [-0.3, -0.25) is 4.68 Å². The van der Waals surface area contributed by atoms with Crippen molar-refractivity contribution in [3.63, 3.8) is 0 Å². The van der Waals surface area contributed by atoms with Crippen LogP contribution in [0.2, 0.25) is 0 Å². The summed E-state index contributed by atoms with van der Waals surface area (Å²) >= 11 is 0. The molecule has 0 aromatic carbocycles. The lowest BCUT2D eigenvalue weighted by atomic mass is 10.1. The van der Waals surface area contributed by atoms with E-state index in [-0.39, 0.29) is 6.04 Å². The highest BCUT2D eigenvalue weighted by Crippen LogP contribution is 2.11. The minimum atomic E-state index is -0.169. The molecule has 1 atom stereocenters. The van der Waals surface area contributed by atoms with E-state index in [1.807, 2.05) is 10.7 Å². The van der Waals surface area contributed by atoms with Gasteiger partial charge in [0.1, 0.15) is 18.5 Å². The van der Waals surface area contributed by atoms with Crippen molar-refractivity contribution >= 4 is 0 Å². The lowest BCUT2D eigenvalue weighted by Gasteiger charge is -2.10. The van der Waals surface area contributed by atoms with Gasteiger partial charge in [0.2, 0.25) is 0 Å². The molecule has 0 amide bonds. The summed E-state index contributed by atoms with van der Waals surface area (Å²) in [6.45, 7) is 2.97. The quantitative estimate of drug-likeness (QED) is 0.821. The second-order valence-electron chi connectivity index (χ2n) is 3.84. The molecule has 2 N–H and O–H groups in total. The number of nitrogens with zero attached hydrogens (tertiary/aromatic N) is 5. The van der Waals surface area contributed by atoms with Crippen molar-refractivity contribution in [2.24, 2.45) is 5.73 Å². The molecule has 2 aromatic rings. The molecule has 0 bridgehead atoms. The van der Waals surface area contributed by atoms with E-state index in [9.17, 15) is 0 Å². The minimum Gasteiger partial charge on any atom is -0.322 e. The number of hydrogen-bond acceptors (Lipinski definition) is 5. The number of nitrogens with two attached hydrogens (primary N) is 1. The normalized spacial score (nSPS) is 12.6. The Hall–Kier alpha value is -1.82. The molecule has 1 unspecified atom stereocenters. The Morgan fingerprint density at radius 1 is 1.35 bits per heavy atom. The van der Waals surface area contributed by atoms with Gasteiger partial charge in [0.05, 0.1) is 11.7 Å². The van der Waals surface area contributed by atoms with Crippen LogP contribution in [0.4, 0.5) is 0 Å². The van der Waals surface area contributed by atoms with Gasteiger partial charge in [0.25, 0.3) is 0 Å². The topological polar surface area (TPSA) is 82.5 Å². The van der Waals surface area contributed by atoms with Gasteiger partial charge in [-0.1, -0.05) is 6.92 Å². The SMILES string of the molecule is CCCn1ncnc1CC(N)c1ccncn1. The third-order valence-electron chi connectivity index (χ3n) is 2.52. The number of rotatable bonds is 5. The highest BCUT2D eigenvalue weighted by atomic mass is 15.3. The van der Waals surface area contributed by atoms with Crippen LogP contribution in [-0.2, 0) is 13.0 Å². The molecule has 0 spiro atoms. The summed E-state index contributed by atoms with van der Waals surface area (Å²) in [5, 5.41) is 4.17. The maximum Gasteiger partial charge on any atom is 0.138 e. The Balaban J connectivity index is 2.08. The number of aryl methyl sites for hydroxylation is 1. The molecule has 0 aliphatic carbocycles. The van der Waals surface area contributed by atoms with Gasteiger partial charge >= 0.3 is 0 Å². The van der Waals surface area contributed by atoms with Crippen molar-refractivity contribution in [1.29, 1.82) is 0 Å². The highest BCUT2D eigenvalue weighted by molar-refractivity contribution is 5.06. The van der Waals surface area contributed by atoms with E-state index in [0.717, 1.165) is 24.5 Å². The summed E-state index contributed by atoms with van der Waals surface area (Å²) in [6.07, 6.45) is 6.43. The van der Waals surface area contributed by atoms with Crippen molar-refractivity contribution in [1.82, 2.24) is 24.7 Å². The first-order chi connectivity index (χ1) is 8.31. The fourth-order valence-corrected chi connectivity index (χ4v) is 1.67. The van der Waals surface area contributed by atoms with E-state index in [1.54, 1.807) is 12.5 Å². The molecule has 0 aliphatic heterocycles. The molecule has 6 nitrogen and oxygen atoms in total. The monoisotopic (exact) mass is 232 g/mol. The smallest absolute Gasteiger partial charge is 0.138 e. The molecule has 0 aliphatic rings. The molecule has 0 saturated carbocycles. The average Bonchev–Trinajstić information content (AvgIpc) is 2.78. The van der Waals surface area contributed by atoms with Crippen molar-refractivity contribution in [3.05, 3.63) is 36.4 Å². The lowest BCUT2D eigenvalue weighted by molar-refractivity contribution is 0.544. The highest BCUT2D eigenvalue weighted by Gasteiger charge is 2.12. The fraction of sp³-hybridized carbons (Fsp3) is 0.455. The lowest BCUT2D eigenvalue weighted by Crippen LogP contribution is -2.18. The molecule has 0 fully saturated rings. The van der Waals surface area contributed by atoms with Gasteiger partial charge in [-0.05, 0) is 12.5 Å². The molecule has 6 heteroatoms. The zero-order valence-corrected chi connectivity index (χ0v) is 9.82. The molecule has 17 heavy (non-hydrogen) atoms. The van der Waals surface area contributed by atoms with Crippen molar-refractivity contribution < 1.29 is 0 Å².